The van der Waals surface area contributed by atoms with Crippen LogP contribution in [0.3, 0.4) is 0 Å². The summed E-state index contributed by atoms with van der Waals surface area (Å²) in [7, 11) is 0. The van der Waals surface area contributed by atoms with Crippen LogP contribution in [0.1, 0.15) is 81.9 Å². The van der Waals surface area contributed by atoms with Gasteiger partial charge in [0.05, 0.1) is 0 Å². The van der Waals surface area contributed by atoms with E-state index >= 15 is 0 Å². The molecule has 0 atom stereocenters. The van der Waals surface area contributed by atoms with Gasteiger partial charge in [0.1, 0.15) is 0 Å². The Labute approximate surface area is 159 Å². The molecule has 0 unspecified atom stereocenters. The SMILES string of the molecule is CCCCCCc1ccc2[nH]c3c(C)cc(CCCCCC)cc3c2c1. The largest absolute Gasteiger partial charge is 0.354 e. The van der Waals surface area contributed by atoms with Crippen molar-refractivity contribution in [3.63, 3.8) is 0 Å². The zero-order valence-corrected chi connectivity index (χ0v) is 17.0. The molecule has 2 aromatic carbocycles. The summed E-state index contributed by atoms with van der Waals surface area (Å²) in [5.74, 6) is 0. The fourth-order valence-electron chi connectivity index (χ4n) is 4.11. The topological polar surface area (TPSA) is 15.8 Å². The van der Waals surface area contributed by atoms with Gasteiger partial charge in [-0.15, -0.1) is 0 Å². The van der Waals surface area contributed by atoms with E-state index in [4.69, 9.17) is 0 Å². The molecule has 3 rings (SSSR count). The second kappa shape index (κ2) is 9.26. The zero-order chi connectivity index (χ0) is 18.4. The van der Waals surface area contributed by atoms with Crippen LogP contribution in [-0.4, -0.2) is 4.98 Å². The lowest BCUT2D eigenvalue weighted by molar-refractivity contribution is 0.667. The second-order valence-electron chi connectivity index (χ2n) is 7.96. The van der Waals surface area contributed by atoms with Crippen molar-refractivity contribution >= 4 is 21.8 Å². The Balaban J connectivity index is 1.84. The molecular formula is C25H35N. The Morgan fingerprint density at radius 2 is 1.35 bits per heavy atom. The molecule has 1 N–H and O–H groups in total. The second-order valence-corrected chi connectivity index (χ2v) is 7.96. The molecule has 0 fully saturated rings. The zero-order valence-electron chi connectivity index (χ0n) is 17.0. The lowest BCUT2D eigenvalue weighted by Crippen LogP contribution is -1.88. The first kappa shape index (κ1) is 19.0. The first-order chi connectivity index (χ1) is 12.7. The molecule has 0 aliphatic rings. The number of aromatic nitrogens is 1. The number of rotatable bonds is 10. The van der Waals surface area contributed by atoms with Crippen LogP contribution < -0.4 is 0 Å². The molecule has 0 bridgehead atoms. The van der Waals surface area contributed by atoms with Crippen LogP contribution in [0.4, 0.5) is 0 Å². The summed E-state index contributed by atoms with van der Waals surface area (Å²) in [6, 6.07) is 11.8. The quantitative estimate of drug-likeness (QED) is 0.358. The monoisotopic (exact) mass is 349 g/mol. The van der Waals surface area contributed by atoms with Crippen molar-refractivity contribution < 1.29 is 0 Å². The maximum atomic E-state index is 3.65. The molecule has 0 spiro atoms. The highest BCUT2D eigenvalue weighted by Crippen LogP contribution is 2.30. The summed E-state index contributed by atoms with van der Waals surface area (Å²) in [6.07, 6.45) is 13.1. The standard InChI is InChI=1S/C25H35N/c1-4-6-8-10-12-20-14-15-24-22(17-20)23-18-21(13-11-9-7-5-2)16-19(3)25(23)26-24/h14-18,26H,4-13H2,1-3H3. The number of nitrogens with one attached hydrogen (secondary N) is 1. The van der Waals surface area contributed by atoms with Crippen LogP contribution in [-0.2, 0) is 12.8 Å². The minimum atomic E-state index is 1.21. The highest BCUT2D eigenvalue weighted by Gasteiger charge is 2.09. The maximum absolute atomic E-state index is 3.65. The number of hydrogen-bond acceptors (Lipinski definition) is 0. The van der Waals surface area contributed by atoms with Crippen LogP contribution in [0.5, 0.6) is 0 Å². The van der Waals surface area contributed by atoms with Gasteiger partial charge in [0.25, 0.3) is 0 Å². The highest BCUT2D eigenvalue weighted by atomic mass is 14.7. The van der Waals surface area contributed by atoms with Crippen molar-refractivity contribution in [2.75, 3.05) is 0 Å². The molecule has 140 valence electrons. The van der Waals surface area contributed by atoms with Crippen molar-refractivity contribution in [2.24, 2.45) is 0 Å². The van der Waals surface area contributed by atoms with Crippen molar-refractivity contribution in [2.45, 2.75) is 85.0 Å². The molecule has 26 heavy (non-hydrogen) atoms. The first-order valence-corrected chi connectivity index (χ1v) is 10.8. The lowest BCUT2D eigenvalue weighted by atomic mass is 9.99. The molecule has 0 aliphatic carbocycles. The molecule has 0 amide bonds. The Bertz CT molecular complexity index is 840. The smallest absolute Gasteiger partial charge is 0.0494 e. The molecular weight excluding hydrogens is 314 g/mol. The summed E-state index contributed by atoms with van der Waals surface area (Å²) >= 11 is 0. The lowest BCUT2D eigenvalue weighted by Gasteiger charge is -2.05. The summed E-state index contributed by atoms with van der Waals surface area (Å²) in [5, 5.41) is 2.83. The summed E-state index contributed by atoms with van der Waals surface area (Å²) in [5.41, 5.74) is 6.97. The van der Waals surface area contributed by atoms with Crippen molar-refractivity contribution in [1.82, 2.24) is 4.98 Å². The number of hydrogen-bond donors (Lipinski definition) is 1. The average molecular weight is 350 g/mol. The normalized spacial score (nSPS) is 11.7. The molecule has 1 heteroatoms. The molecule has 0 radical (unpaired) electrons. The van der Waals surface area contributed by atoms with E-state index < -0.39 is 0 Å². The van der Waals surface area contributed by atoms with Gasteiger partial charge >= 0.3 is 0 Å². The highest BCUT2D eigenvalue weighted by molar-refractivity contribution is 6.08. The van der Waals surface area contributed by atoms with Gasteiger partial charge in [-0.25, -0.2) is 0 Å². The fraction of sp³-hybridized carbons (Fsp3) is 0.520. The Morgan fingerprint density at radius 1 is 0.692 bits per heavy atom. The third kappa shape index (κ3) is 4.50. The van der Waals surface area contributed by atoms with Crippen LogP contribution in [0.2, 0.25) is 0 Å². The Kier molecular flexibility index (Phi) is 6.77. The fourth-order valence-corrected chi connectivity index (χ4v) is 4.11. The number of aryl methyl sites for hydroxylation is 3. The van der Waals surface area contributed by atoms with Crippen molar-refractivity contribution in [3.8, 4) is 0 Å². The number of benzene rings is 2. The van der Waals surface area contributed by atoms with Gasteiger partial charge in [0.2, 0.25) is 0 Å². The molecule has 1 aromatic heterocycles. The van der Waals surface area contributed by atoms with Crippen LogP contribution in [0, 0.1) is 6.92 Å². The van der Waals surface area contributed by atoms with E-state index in [-0.39, 0.29) is 0 Å². The van der Waals surface area contributed by atoms with E-state index in [2.05, 4.69) is 56.1 Å². The van der Waals surface area contributed by atoms with E-state index in [1.807, 2.05) is 0 Å². The van der Waals surface area contributed by atoms with Gasteiger partial charge in [-0.2, -0.15) is 0 Å². The molecule has 3 aromatic rings. The summed E-state index contributed by atoms with van der Waals surface area (Å²) in [4.78, 5) is 3.65. The third-order valence-electron chi connectivity index (χ3n) is 5.67. The van der Waals surface area contributed by atoms with Gasteiger partial charge in [-0.3, -0.25) is 0 Å². The predicted molar refractivity (Wildman–Crippen MR) is 116 cm³/mol. The molecule has 1 nitrogen and oxygen atoms in total. The third-order valence-corrected chi connectivity index (χ3v) is 5.67. The Hall–Kier alpha value is -1.76. The van der Waals surface area contributed by atoms with Gasteiger partial charge in [-0.05, 0) is 67.5 Å². The number of aromatic amines is 1. The van der Waals surface area contributed by atoms with Crippen molar-refractivity contribution in [3.05, 3.63) is 47.0 Å². The number of H-pyrrole nitrogens is 1. The van der Waals surface area contributed by atoms with E-state index in [0.29, 0.717) is 0 Å². The van der Waals surface area contributed by atoms with Crippen LogP contribution >= 0.6 is 0 Å². The van der Waals surface area contributed by atoms with Crippen molar-refractivity contribution in [1.29, 1.82) is 0 Å². The molecule has 0 aliphatic heterocycles. The number of unbranched alkanes of at least 4 members (excludes halogenated alkanes) is 6. The van der Waals surface area contributed by atoms with Crippen LogP contribution in [0.25, 0.3) is 21.8 Å². The molecule has 0 saturated carbocycles. The average Bonchev–Trinajstić information content (AvgIpc) is 3.01. The minimum Gasteiger partial charge on any atom is -0.354 e. The van der Waals surface area contributed by atoms with Crippen LogP contribution in [0.15, 0.2) is 30.3 Å². The van der Waals surface area contributed by atoms with E-state index in [1.165, 1.54) is 103 Å². The van der Waals surface area contributed by atoms with Gasteiger partial charge in [0, 0.05) is 21.8 Å². The van der Waals surface area contributed by atoms with E-state index in [1.54, 1.807) is 0 Å². The minimum absolute atomic E-state index is 1.21. The van der Waals surface area contributed by atoms with Gasteiger partial charge in [-0.1, -0.05) is 64.5 Å². The predicted octanol–water partition coefficient (Wildman–Crippen LogP) is 7.88. The molecule has 0 saturated heterocycles. The first-order valence-electron chi connectivity index (χ1n) is 10.8. The van der Waals surface area contributed by atoms with Gasteiger partial charge < -0.3 is 4.98 Å². The summed E-state index contributed by atoms with van der Waals surface area (Å²) < 4.78 is 0. The Morgan fingerprint density at radius 3 is 2.04 bits per heavy atom. The van der Waals surface area contributed by atoms with Gasteiger partial charge in [0.15, 0.2) is 0 Å². The summed E-state index contributed by atoms with van der Waals surface area (Å²) in [6.45, 7) is 6.81. The van der Waals surface area contributed by atoms with E-state index in [0.717, 1.165) is 0 Å². The maximum Gasteiger partial charge on any atom is 0.0494 e. The van der Waals surface area contributed by atoms with E-state index in [9.17, 15) is 0 Å². The number of fused-ring (bicyclic) bond motifs is 3. The molecule has 1 heterocycles.